The average molecular weight is 447 g/mol. The highest BCUT2D eigenvalue weighted by Crippen LogP contribution is 2.33. The van der Waals surface area contributed by atoms with Gasteiger partial charge in [0.2, 0.25) is 0 Å². The maximum absolute atomic E-state index is 13.3. The van der Waals surface area contributed by atoms with E-state index >= 15 is 0 Å². The molecule has 1 fully saturated rings. The molecule has 0 radical (unpaired) electrons. The van der Waals surface area contributed by atoms with Crippen molar-refractivity contribution < 1.29 is 9.53 Å². The van der Waals surface area contributed by atoms with Crippen LogP contribution in [0.5, 0.6) is 5.75 Å². The fourth-order valence-corrected chi connectivity index (χ4v) is 4.59. The second-order valence-electron chi connectivity index (χ2n) is 9.14. The van der Waals surface area contributed by atoms with E-state index in [2.05, 4.69) is 33.3 Å². The lowest BCUT2D eigenvalue weighted by Gasteiger charge is -2.35. The Morgan fingerprint density at radius 1 is 1.15 bits per heavy atom. The molecule has 33 heavy (non-hydrogen) atoms. The Labute approximate surface area is 196 Å². The number of ether oxygens (including phenoxy) is 1. The number of aromatic nitrogens is 2. The standard InChI is InChI=1S/C27H34N4O2/c1-20(2)33-23-13-9-12-22(16-23)19-31-15-8-7-14-25(31)26-24(17-28-29-26)27(32)30(3)18-21-10-5-4-6-11-21/h4-6,9-13,16-17,20,25H,7-8,14-15,18-19H2,1-3H3,(H,28,29)/t25-/m1/s1. The zero-order chi connectivity index (χ0) is 23.2. The van der Waals surface area contributed by atoms with Gasteiger partial charge in [-0.15, -0.1) is 0 Å². The number of piperidine rings is 1. The summed E-state index contributed by atoms with van der Waals surface area (Å²) in [6, 6.07) is 18.5. The lowest BCUT2D eigenvalue weighted by Crippen LogP contribution is -2.35. The summed E-state index contributed by atoms with van der Waals surface area (Å²) in [4.78, 5) is 17.5. The van der Waals surface area contributed by atoms with E-state index in [0.29, 0.717) is 12.1 Å². The predicted octanol–water partition coefficient (Wildman–Crippen LogP) is 5.20. The van der Waals surface area contributed by atoms with Gasteiger partial charge in [0, 0.05) is 20.1 Å². The molecule has 4 rings (SSSR count). The van der Waals surface area contributed by atoms with Crippen molar-refractivity contribution in [3.05, 3.63) is 83.2 Å². The molecule has 6 heteroatoms. The number of rotatable bonds is 8. The quantitative estimate of drug-likeness (QED) is 0.517. The third-order valence-corrected chi connectivity index (χ3v) is 6.11. The summed E-state index contributed by atoms with van der Waals surface area (Å²) in [7, 11) is 1.85. The molecule has 3 aromatic rings. The maximum atomic E-state index is 13.3. The van der Waals surface area contributed by atoms with Gasteiger partial charge in [0.05, 0.1) is 29.6 Å². The molecule has 2 heterocycles. The molecule has 1 aliphatic rings. The van der Waals surface area contributed by atoms with Gasteiger partial charge >= 0.3 is 0 Å². The van der Waals surface area contributed by atoms with Gasteiger partial charge in [-0.05, 0) is 56.5 Å². The van der Waals surface area contributed by atoms with Crippen LogP contribution in [0.3, 0.4) is 0 Å². The van der Waals surface area contributed by atoms with Gasteiger partial charge < -0.3 is 9.64 Å². The fraction of sp³-hybridized carbons (Fsp3) is 0.407. The summed E-state index contributed by atoms with van der Waals surface area (Å²) in [5, 5.41) is 7.44. The lowest BCUT2D eigenvalue weighted by molar-refractivity contribution is 0.0776. The highest BCUT2D eigenvalue weighted by molar-refractivity contribution is 5.95. The van der Waals surface area contributed by atoms with Crippen LogP contribution in [0.2, 0.25) is 0 Å². The van der Waals surface area contributed by atoms with Crippen molar-refractivity contribution in [2.75, 3.05) is 13.6 Å². The topological polar surface area (TPSA) is 61.5 Å². The third-order valence-electron chi connectivity index (χ3n) is 6.11. The number of aromatic amines is 1. The molecule has 0 unspecified atom stereocenters. The van der Waals surface area contributed by atoms with Crippen molar-refractivity contribution in [3.8, 4) is 5.75 Å². The summed E-state index contributed by atoms with van der Waals surface area (Å²) in [5.41, 5.74) is 3.92. The minimum absolute atomic E-state index is 0.000423. The summed E-state index contributed by atoms with van der Waals surface area (Å²) in [5.74, 6) is 0.900. The van der Waals surface area contributed by atoms with Gasteiger partial charge in [-0.25, -0.2) is 0 Å². The van der Waals surface area contributed by atoms with Crippen LogP contribution in [-0.2, 0) is 13.1 Å². The summed E-state index contributed by atoms with van der Waals surface area (Å²) in [6.45, 7) is 6.46. The number of carbonyl (C=O) groups excluding carboxylic acids is 1. The Balaban J connectivity index is 1.51. The predicted molar refractivity (Wildman–Crippen MR) is 130 cm³/mol. The molecule has 1 saturated heterocycles. The van der Waals surface area contributed by atoms with Gasteiger partial charge in [0.15, 0.2) is 0 Å². The van der Waals surface area contributed by atoms with E-state index in [1.165, 1.54) is 5.56 Å². The van der Waals surface area contributed by atoms with E-state index in [9.17, 15) is 4.79 Å². The largest absolute Gasteiger partial charge is 0.491 e. The van der Waals surface area contributed by atoms with Gasteiger partial charge in [-0.3, -0.25) is 14.8 Å². The molecular weight excluding hydrogens is 412 g/mol. The fourth-order valence-electron chi connectivity index (χ4n) is 4.59. The van der Waals surface area contributed by atoms with E-state index in [1.54, 1.807) is 11.1 Å². The number of amides is 1. The second-order valence-corrected chi connectivity index (χ2v) is 9.14. The van der Waals surface area contributed by atoms with Crippen LogP contribution >= 0.6 is 0 Å². The molecule has 0 saturated carbocycles. The molecule has 1 aliphatic heterocycles. The molecule has 1 atom stereocenters. The monoisotopic (exact) mass is 446 g/mol. The van der Waals surface area contributed by atoms with Crippen molar-refractivity contribution in [1.29, 1.82) is 0 Å². The minimum Gasteiger partial charge on any atom is -0.491 e. The normalized spacial score (nSPS) is 16.7. The highest BCUT2D eigenvalue weighted by atomic mass is 16.5. The van der Waals surface area contributed by atoms with E-state index < -0.39 is 0 Å². The lowest BCUT2D eigenvalue weighted by atomic mass is 9.96. The van der Waals surface area contributed by atoms with E-state index in [0.717, 1.165) is 49.4 Å². The molecule has 1 aromatic heterocycles. The van der Waals surface area contributed by atoms with Crippen LogP contribution in [0, 0.1) is 0 Å². The Hall–Kier alpha value is -3.12. The number of H-pyrrole nitrogens is 1. The molecule has 174 valence electrons. The van der Waals surface area contributed by atoms with Crippen LogP contribution in [0.15, 0.2) is 60.8 Å². The Morgan fingerprint density at radius 2 is 1.94 bits per heavy atom. The number of hydrogen-bond donors (Lipinski definition) is 1. The Kier molecular flexibility index (Phi) is 7.45. The van der Waals surface area contributed by atoms with Crippen molar-refractivity contribution in [3.63, 3.8) is 0 Å². The summed E-state index contributed by atoms with van der Waals surface area (Å²) >= 11 is 0. The van der Waals surface area contributed by atoms with Crippen molar-refractivity contribution in [1.82, 2.24) is 20.0 Å². The molecule has 0 aliphatic carbocycles. The molecule has 1 N–H and O–H groups in total. The first-order valence-corrected chi connectivity index (χ1v) is 11.8. The van der Waals surface area contributed by atoms with Crippen molar-refractivity contribution in [2.24, 2.45) is 0 Å². The first-order valence-electron chi connectivity index (χ1n) is 11.8. The molecule has 0 spiro atoms. The zero-order valence-corrected chi connectivity index (χ0v) is 19.8. The van der Waals surface area contributed by atoms with Gasteiger partial charge in [-0.2, -0.15) is 5.10 Å². The summed E-state index contributed by atoms with van der Waals surface area (Å²) < 4.78 is 5.88. The number of carbonyl (C=O) groups is 1. The molecule has 2 aromatic carbocycles. The molecule has 1 amide bonds. The third kappa shape index (κ3) is 5.82. The zero-order valence-electron chi connectivity index (χ0n) is 19.8. The number of nitrogens with zero attached hydrogens (tertiary/aromatic N) is 3. The van der Waals surface area contributed by atoms with Crippen LogP contribution in [0.1, 0.15) is 66.3 Å². The number of hydrogen-bond acceptors (Lipinski definition) is 4. The first kappa shape index (κ1) is 23.1. The minimum atomic E-state index is 0.000423. The second kappa shape index (κ2) is 10.7. The van der Waals surface area contributed by atoms with Gasteiger partial charge in [0.1, 0.15) is 5.75 Å². The number of benzene rings is 2. The van der Waals surface area contributed by atoms with Crippen LogP contribution < -0.4 is 4.74 Å². The first-order chi connectivity index (χ1) is 16.0. The van der Waals surface area contributed by atoms with Gasteiger partial charge in [-0.1, -0.05) is 48.9 Å². The highest BCUT2D eigenvalue weighted by Gasteiger charge is 2.30. The molecular formula is C27H34N4O2. The van der Waals surface area contributed by atoms with Crippen LogP contribution in [-0.4, -0.2) is 45.6 Å². The number of nitrogens with one attached hydrogen (secondary N) is 1. The molecule has 0 bridgehead atoms. The Morgan fingerprint density at radius 3 is 2.73 bits per heavy atom. The van der Waals surface area contributed by atoms with Crippen LogP contribution in [0.4, 0.5) is 0 Å². The average Bonchev–Trinajstić information content (AvgIpc) is 3.29. The van der Waals surface area contributed by atoms with E-state index in [-0.39, 0.29) is 18.1 Å². The number of likely N-dealkylation sites (tertiary alicyclic amines) is 1. The SMILES string of the molecule is CC(C)Oc1cccc(CN2CCCC[C@@H]2c2[nH]ncc2C(=O)N(C)Cc2ccccc2)c1. The van der Waals surface area contributed by atoms with E-state index in [1.807, 2.05) is 57.3 Å². The van der Waals surface area contributed by atoms with Crippen molar-refractivity contribution >= 4 is 5.91 Å². The van der Waals surface area contributed by atoms with Crippen LogP contribution in [0.25, 0.3) is 0 Å². The maximum Gasteiger partial charge on any atom is 0.257 e. The van der Waals surface area contributed by atoms with Gasteiger partial charge in [0.25, 0.3) is 5.91 Å². The summed E-state index contributed by atoms with van der Waals surface area (Å²) in [6.07, 6.45) is 5.14. The van der Waals surface area contributed by atoms with E-state index in [4.69, 9.17) is 4.74 Å². The smallest absolute Gasteiger partial charge is 0.257 e. The molecule has 6 nitrogen and oxygen atoms in total. The van der Waals surface area contributed by atoms with Crippen molar-refractivity contribution in [2.45, 2.75) is 58.3 Å². The Bertz CT molecular complexity index is 1050.